The molecule has 0 aliphatic heterocycles. The van der Waals surface area contributed by atoms with Crippen LogP contribution in [-0.4, -0.2) is 30.2 Å². The van der Waals surface area contributed by atoms with Crippen molar-refractivity contribution in [2.75, 3.05) is 13.0 Å². The van der Waals surface area contributed by atoms with Crippen LogP contribution >= 0.6 is 0 Å². The second-order valence-electron chi connectivity index (χ2n) is 1.18. The lowest BCUT2D eigenvalue weighted by Crippen LogP contribution is -2.11. The smallest absolute Gasteiger partial charge is 0.284 e. The standard InChI is InChI=1S/C2H6O6S2/c1-7-10(5,6)2-8-9(3)4/h2H2,1H3,(H,3,4). The molecule has 0 aromatic rings. The van der Waals surface area contributed by atoms with Crippen molar-refractivity contribution >= 4 is 21.5 Å². The van der Waals surface area contributed by atoms with Crippen molar-refractivity contribution < 1.29 is 25.5 Å². The molecule has 6 nitrogen and oxygen atoms in total. The first-order chi connectivity index (χ1) is 4.48. The van der Waals surface area contributed by atoms with Gasteiger partial charge in [-0.15, -0.1) is 0 Å². The number of hydrogen-bond donors (Lipinski definition) is 1. The van der Waals surface area contributed by atoms with Gasteiger partial charge in [-0.05, 0) is 0 Å². The molecule has 0 heterocycles. The van der Waals surface area contributed by atoms with Gasteiger partial charge >= 0.3 is 11.4 Å². The Morgan fingerprint density at radius 1 is 1.60 bits per heavy atom. The van der Waals surface area contributed by atoms with Gasteiger partial charge in [0.05, 0.1) is 7.11 Å². The van der Waals surface area contributed by atoms with E-state index in [4.69, 9.17) is 4.55 Å². The fourth-order valence-electron chi connectivity index (χ4n) is 0.148. The molecule has 0 aromatic carbocycles. The summed E-state index contributed by atoms with van der Waals surface area (Å²) in [4.78, 5) is 0. The summed E-state index contributed by atoms with van der Waals surface area (Å²) in [6.45, 7) is 0. The van der Waals surface area contributed by atoms with Crippen molar-refractivity contribution in [2.45, 2.75) is 0 Å². The molecular formula is C2H6O6S2. The molecule has 0 spiro atoms. The van der Waals surface area contributed by atoms with E-state index in [0.29, 0.717) is 0 Å². The molecule has 62 valence electrons. The highest BCUT2D eigenvalue weighted by atomic mass is 32.2. The van der Waals surface area contributed by atoms with Crippen molar-refractivity contribution in [3.05, 3.63) is 0 Å². The van der Waals surface area contributed by atoms with Crippen LogP contribution in [0.4, 0.5) is 0 Å². The van der Waals surface area contributed by atoms with E-state index in [1.807, 2.05) is 0 Å². The minimum Gasteiger partial charge on any atom is -0.284 e. The Labute approximate surface area is 60.8 Å². The zero-order valence-corrected chi connectivity index (χ0v) is 6.65. The van der Waals surface area contributed by atoms with Crippen molar-refractivity contribution in [3.63, 3.8) is 0 Å². The van der Waals surface area contributed by atoms with Crippen LogP contribution < -0.4 is 0 Å². The average molecular weight is 190 g/mol. The minimum atomic E-state index is -3.79. The highest BCUT2D eigenvalue weighted by Gasteiger charge is 2.09. The van der Waals surface area contributed by atoms with E-state index in [0.717, 1.165) is 7.11 Å². The van der Waals surface area contributed by atoms with E-state index in [1.165, 1.54) is 0 Å². The first-order valence-corrected chi connectivity index (χ1v) is 4.61. The molecule has 0 saturated carbocycles. The molecule has 0 saturated heterocycles. The average Bonchev–Trinajstić information content (AvgIpc) is 1.85. The highest BCUT2D eigenvalue weighted by molar-refractivity contribution is 7.87. The van der Waals surface area contributed by atoms with Crippen LogP contribution in [0.5, 0.6) is 0 Å². The van der Waals surface area contributed by atoms with Crippen molar-refractivity contribution in [2.24, 2.45) is 0 Å². The number of hydrogen-bond acceptors (Lipinski definition) is 5. The van der Waals surface area contributed by atoms with Crippen LogP contribution in [0.3, 0.4) is 0 Å². The van der Waals surface area contributed by atoms with Crippen molar-refractivity contribution in [1.82, 2.24) is 0 Å². The molecule has 0 fully saturated rings. The van der Waals surface area contributed by atoms with E-state index in [1.54, 1.807) is 0 Å². The second-order valence-corrected chi connectivity index (χ2v) is 3.53. The molecule has 0 rings (SSSR count). The monoisotopic (exact) mass is 190 g/mol. The van der Waals surface area contributed by atoms with E-state index in [-0.39, 0.29) is 0 Å². The van der Waals surface area contributed by atoms with E-state index in [2.05, 4.69) is 8.37 Å². The molecule has 0 amide bonds. The summed E-state index contributed by atoms with van der Waals surface area (Å²) < 4.78 is 46.0. The van der Waals surface area contributed by atoms with Crippen LogP contribution in [-0.2, 0) is 29.8 Å². The maximum Gasteiger partial charge on any atom is 0.303 e. The molecular weight excluding hydrogens is 184 g/mol. The number of rotatable bonds is 4. The van der Waals surface area contributed by atoms with Gasteiger partial charge in [0.2, 0.25) is 0 Å². The second kappa shape index (κ2) is 3.98. The summed E-state index contributed by atoms with van der Waals surface area (Å²) >= 11 is -2.57. The summed E-state index contributed by atoms with van der Waals surface area (Å²) in [5.41, 5.74) is 0. The molecule has 10 heavy (non-hydrogen) atoms. The third kappa shape index (κ3) is 4.82. The molecule has 0 bridgehead atoms. The van der Waals surface area contributed by atoms with Crippen LogP contribution in [0.2, 0.25) is 0 Å². The van der Waals surface area contributed by atoms with Gasteiger partial charge in [-0.3, -0.25) is 8.74 Å². The third-order valence-electron chi connectivity index (χ3n) is 0.547. The van der Waals surface area contributed by atoms with Gasteiger partial charge in [0.25, 0.3) is 10.1 Å². The van der Waals surface area contributed by atoms with E-state index in [9.17, 15) is 12.6 Å². The van der Waals surface area contributed by atoms with Gasteiger partial charge in [-0.2, -0.15) is 12.6 Å². The van der Waals surface area contributed by atoms with Gasteiger partial charge in [0.1, 0.15) is 0 Å². The normalized spacial score (nSPS) is 15.0. The van der Waals surface area contributed by atoms with Gasteiger partial charge < -0.3 is 0 Å². The Bertz CT molecular complexity index is 204. The highest BCUT2D eigenvalue weighted by Crippen LogP contribution is 1.91. The maximum atomic E-state index is 10.3. The van der Waals surface area contributed by atoms with Gasteiger partial charge in [-0.1, -0.05) is 0 Å². The Balaban J connectivity index is 3.81. The van der Waals surface area contributed by atoms with Crippen LogP contribution in [0, 0.1) is 0 Å². The maximum absolute atomic E-state index is 10.3. The van der Waals surface area contributed by atoms with Crippen molar-refractivity contribution in [1.29, 1.82) is 0 Å². The van der Waals surface area contributed by atoms with Crippen LogP contribution in [0.25, 0.3) is 0 Å². The first-order valence-electron chi connectivity index (χ1n) is 2.00. The minimum absolute atomic E-state index is 0.924. The summed E-state index contributed by atoms with van der Waals surface area (Å²) in [7, 11) is -2.86. The lowest BCUT2D eigenvalue weighted by Gasteiger charge is -1.97. The predicted molar refractivity (Wildman–Crippen MR) is 32.7 cm³/mol. The molecule has 8 heteroatoms. The zero-order valence-electron chi connectivity index (χ0n) is 5.01. The summed E-state index contributed by atoms with van der Waals surface area (Å²) in [6.07, 6.45) is 0. The molecule has 1 N–H and O–H groups in total. The summed E-state index contributed by atoms with van der Waals surface area (Å²) in [5.74, 6) is -0.924. The molecule has 1 unspecified atom stereocenters. The van der Waals surface area contributed by atoms with Gasteiger partial charge in [-0.25, -0.2) is 4.18 Å². The molecule has 0 radical (unpaired) electrons. The lowest BCUT2D eigenvalue weighted by atomic mass is 11.7. The van der Waals surface area contributed by atoms with Crippen molar-refractivity contribution in [3.8, 4) is 0 Å². The predicted octanol–water partition coefficient (Wildman–Crippen LogP) is -0.927. The van der Waals surface area contributed by atoms with E-state index >= 15 is 0 Å². The Morgan fingerprint density at radius 2 is 2.10 bits per heavy atom. The summed E-state index contributed by atoms with van der Waals surface area (Å²) in [5, 5.41) is 0. The molecule has 1 atom stereocenters. The third-order valence-corrected chi connectivity index (χ3v) is 1.93. The fourth-order valence-corrected chi connectivity index (χ4v) is 1.05. The SMILES string of the molecule is COS(=O)(=O)COS(=O)O. The van der Waals surface area contributed by atoms with E-state index < -0.39 is 27.4 Å². The largest absolute Gasteiger partial charge is 0.303 e. The first kappa shape index (κ1) is 9.98. The molecule has 0 aliphatic rings. The van der Waals surface area contributed by atoms with Gasteiger partial charge in [0.15, 0.2) is 5.94 Å². The fraction of sp³-hybridized carbons (Fsp3) is 1.00. The Morgan fingerprint density at radius 3 is 2.40 bits per heavy atom. The quantitative estimate of drug-likeness (QED) is 0.455. The van der Waals surface area contributed by atoms with Crippen LogP contribution in [0.15, 0.2) is 0 Å². The Kier molecular flexibility index (Phi) is 3.98. The van der Waals surface area contributed by atoms with Crippen LogP contribution in [0.1, 0.15) is 0 Å². The molecule has 0 aliphatic carbocycles. The summed E-state index contributed by atoms with van der Waals surface area (Å²) in [6, 6.07) is 0. The zero-order chi connectivity index (χ0) is 8.20. The Hall–Kier alpha value is -0.0200. The van der Waals surface area contributed by atoms with Gasteiger partial charge in [0, 0.05) is 0 Å². The lowest BCUT2D eigenvalue weighted by molar-refractivity contribution is 0.319. The molecule has 0 aromatic heterocycles. The topological polar surface area (TPSA) is 89.9 Å².